The number of benzene rings is 1. The van der Waals surface area contributed by atoms with Crippen LogP contribution in [-0.4, -0.2) is 17.2 Å². The molecule has 5 nitrogen and oxygen atoms in total. The van der Waals surface area contributed by atoms with E-state index in [1.807, 2.05) is 32.2 Å². The number of rotatable bonds is 5. The fraction of sp³-hybridized carbons (Fsp3) is 0.375. The number of allylic oxidation sites excluding steroid dienone is 2. The summed E-state index contributed by atoms with van der Waals surface area (Å²) in [6, 6.07) is 5.52. The molecule has 1 unspecified atom stereocenters. The van der Waals surface area contributed by atoms with E-state index in [4.69, 9.17) is 20.8 Å². The molecule has 0 aliphatic heterocycles. The number of hydrogen-bond acceptors (Lipinski definition) is 5. The van der Waals surface area contributed by atoms with E-state index < -0.39 is 0 Å². The van der Waals surface area contributed by atoms with Crippen LogP contribution in [0.15, 0.2) is 34.4 Å². The van der Waals surface area contributed by atoms with Gasteiger partial charge in [0.05, 0.1) is 5.41 Å². The smallest absolute Gasteiger partial charge is 0.253 e. The molecule has 0 fully saturated rings. The molecule has 0 saturated heterocycles. The highest BCUT2D eigenvalue weighted by Gasteiger charge is 2.38. The highest BCUT2D eigenvalue weighted by molar-refractivity contribution is 6.31. The van der Waals surface area contributed by atoms with Gasteiger partial charge in [0, 0.05) is 24.2 Å². The second-order valence-electron chi connectivity index (χ2n) is 5.71. The maximum Gasteiger partial charge on any atom is 0.253 e. The molecule has 0 radical (unpaired) electrons. The van der Waals surface area contributed by atoms with Crippen LogP contribution in [0, 0.1) is 6.92 Å². The van der Waals surface area contributed by atoms with Gasteiger partial charge in [0.25, 0.3) is 5.89 Å². The van der Waals surface area contributed by atoms with E-state index in [9.17, 15) is 0 Å². The molecule has 0 spiro atoms. The molecule has 6 heteroatoms. The van der Waals surface area contributed by atoms with Crippen molar-refractivity contribution in [2.24, 2.45) is 0 Å². The molecule has 0 amide bonds. The summed E-state index contributed by atoms with van der Waals surface area (Å²) in [5.74, 6) is 1.82. The average Bonchev–Trinajstić information content (AvgIpc) is 2.94. The zero-order valence-corrected chi connectivity index (χ0v) is 13.6. The fourth-order valence-corrected chi connectivity index (χ4v) is 2.56. The van der Waals surface area contributed by atoms with Crippen molar-refractivity contribution in [2.45, 2.75) is 32.3 Å². The Morgan fingerprint density at radius 1 is 1.41 bits per heavy atom. The van der Waals surface area contributed by atoms with Gasteiger partial charge in [-0.3, -0.25) is 0 Å². The first-order chi connectivity index (χ1) is 10.5. The van der Waals surface area contributed by atoms with Crippen molar-refractivity contribution in [3.8, 4) is 5.75 Å². The molecule has 1 heterocycles. The summed E-state index contributed by atoms with van der Waals surface area (Å²) < 4.78 is 11.4. The SMILES string of the molecule is CNC1=CC(C)(c2nnc(COc3ccc(Cl)c(C)c3)o2)C1. The van der Waals surface area contributed by atoms with Crippen LogP contribution in [0.1, 0.15) is 30.7 Å². The Bertz CT molecular complexity index is 726. The molecule has 1 aliphatic carbocycles. The first-order valence-electron chi connectivity index (χ1n) is 7.11. The molecule has 1 aromatic carbocycles. The molecule has 1 N–H and O–H groups in total. The Hall–Kier alpha value is -2.01. The summed E-state index contributed by atoms with van der Waals surface area (Å²) in [5, 5.41) is 12.0. The Balaban J connectivity index is 1.65. The van der Waals surface area contributed by atoms with Crippen LogP contribution in [-0.2, 0) is 12.0 Å². The minimum Gasteiger partial charge on any atom is -0.484 e. The number of nitrogens with one attached hydrogen (secondary N) is 1. The molecule has 1 aromatic heterocycles. The van der Waals surface area contributed by atoms with E-state index in [-0.39, 0.29) is 12.0 Å². The number of hydrogen-bond donors (Lipinski definition) is 1. The number of halogens is 1. The summed E-state index contributed by atoms with van der Waals surface area (Å²) in [5.41, 5.74) is 1.98. The first kappa shape index (κ1) is 14.9. The predicted molar refractivity (Wildman–Crippen MR) is 83.9 cm³/mol. The van der Waals surface area contributed by atoms with Gasteiger partial charge in [0.1, 0.15) is 5.75 Å². The molecule has 1 atom stereocenters. The van der Waals surface area contributed by atoms with Crippen molar-refractivity contribution in [2.75, 3.05) is 7.05 Å². The van der Waals surface area contributed by atoms with E-state index in [1.165, 1.54) is 5.70 Å². The minimum absolute atomic E-state index is 0.180. The van der Waals surface area contributed by atoms with E-state index in [0.29, 0.717) is 11.8 Å². The maximum atomic E-state index is 5.99. The van der Waals surface area contributed by atoms with Gasteiger partial charge < -0.3 is 14.5 Å². The second kappa shape index (κ2) is 5.65. The highest BCUT2D eigenvalue weighted by atomic mass is 35.5. The third-order valence-electron chi connectivity index (χ3n) is 3.82. The van der Waals surface area contributed by atoms with Gasteiger partial charge in [-0.05, 0) is 43.7 Å². The molecule has 2 aromatic rings. The minimum atomic E-state index is -0.180. The predicted octanol–water partition coefficient (Wildman–Crippen LogP) is 3.38. The Morgan fingerprint density at radius 2 is 2.18 bits per heavy atom. The Kier molecular flexibility index (Phi) is 3.83. The van der Waals surface area contributed by atoms with Gasteiger partial charge in [-0.1, -0.05) is 11.6 Å². The zero-order valence-electron chi connectivity index (χ0n) is 12.8. The molecule has 3 rings (SSSR count). The van der Waals surface area contributed by atoms with E-state index >= 15 is 0 Å². The molecular weight excluding hydrogens is 302 g/mol. The highest BCUT2D eigenvalue weighted by Crippen LogP contribution is 2.39. The lowest BCUT2D eigenvalue weighted by molar-refractivity contribution is 0.249. The van der Waals surface area contributed by atoms with Crippen molar-refractivity contribution in [1.29, 1.82) is 0 Å². The zero-order chi connectivity index (χ0) is 15.7. The average molecular weight is 320 g/mol. The van der Waals surface area contributed by atoms with Crippen LogP contribution < -0.4 is 10.1 Å². The third-order valence-corrected chi connectivity index (χ3v) is 4.24. The lowest BCUT2D eigenvalue weighted by Crippen LogP contribution is -2.33. The summed E-state index contributed by atoms with van der Waals surface area (Å²) in [7, 11) is 1.91. The van der Waals surface area contributed by atoms with Crippen molar-refractivity contribution in [3.05, 3.63) is 52.3 Å². The van der Waals surface area contributed by atoms with Crippen molar-refractivity contribution in [3.63, 3.8) is 0 Å². The van der Waals surface area contributed by atoms with Crippen LogP contribution in [0.5, 0.6) is 5.75 Å². The first-order valence-corrected chi connectivity index (χ1v) is 7.49. The van der Waals surface area contributed by atoms with Crippen LogP contribution >= 0.6 is 11.6 Å². The number of ether oxygens (including phenoxy) is 1. The van der Waals surface area contributed by atoms with Gasteiger partial charge in [0.2, 0.25) is 5.89 Å². The maximum absolute atomic E-state index is 5.99. The van der Waals surface area contributed by atoms with Crippen LogP contribution in [0.4, 0.5) is 0 Å². The van der Waals surface area contributed by atoms with Crippen molar-refractivity contribution >= 4 is 11.6 Å². The molecular formula is C16H18ClN3O2. The second-order valence-corrected chi connectivity index (χ2v) is 6.12. The van der Waals surface area contributed by atoms with Crippen LogP contribution in [0.25, 0.3) is 0 Å². The monoisotopic (exact) mass is 319 g/mol. The lowest BCUT2D eigenvalue weighted by Gasteiger charge is -2.32. The molecule has 0 bridgehead atoms. The molecule has 1 aliphatic rings. The van der Waals surface area contributed by atoms with Crippen LogP contribution in [0.2, 0.25) is 5.02 Å². The fourth-order valence-electron chi connectivity index (χ4n) is 2.44. The normalized spacial score (nSPS) is 20.3. The van der Waals surface area contributed by atoms with Gasteiger partial charge in [-0.15, -0.1) is 10.2 Å². The summed E-state index contributed by atoms with van der Waals surface area (Å²) in [6.45, 7) is 4.25. The number of aromatic nitrogens is 2. The van der Waals surface area contributed by atoms with Gasteiger partial charge in [-0.25, -0.2) is 0 Å². The van der Waals surface area contributed by atoms with E-state index in [2.05, 4.69) is 28.5 Å². The Labute approximate surface area is 134 Å². The topological polar surface area (TPSA) is 60.2 Å². The standard InChI is InChI=1S/C16H18ClN3O2/c1-10-6-12(4-5-13(10)17)21-9-14-19-20-15(22-14)16(2)7-11(8-16)18-3/h4-7,18H,8-9H2,1-3H3. The van der Waals surface area contributed by atoms with Gasteiger partial charge in [0.15, 0.2) is 6.61 Å². The number of aryl methyl sites for hydroxylation is 1. The lowest BCUT2D eigenvalue weighted by atomic mass is 9.75. The van der Waals surface area contributed by atoms with Crippen molar-refractivity contribution in [1.82, 2.24) is 15.5 Å². The summed E-state index contributed by atoms with van der Waals surface area (Å²) >= 11 is 5.99. The molecule has 116 valence electrons. The van der Waals surface area contributed by atoms with Crippen LogP contribution in [0.3, 0.4) is 0 Å². The Morgan fingerprint density at radius 3 is 2.86 bits per heavy atom. The van der Waals surface area contributed by atoms with E-state index in [1.54, 1.807) is 0 Å². The van der Waals surface area contributed by atoms with Crippen molar-refractivity contribution < 1.29 is 9.15 Å². The third kappa shape index (κ3) is 2.81. The molecule has 0 saturated carbocycles. The quantitative estimate of drug-likeness (QED) is 0.915. The summed E-state index contributed by atoms with van der Waals surface area (Å²) in [6.07, 6.45) is 2.98. The largest absolute Gasteiger partial charge is 0.484 e. The number of nitrogens with zero attached hydrogens (tertiary/aromatic N) is 2. The summed E-state index contributed by atoms with van der Waals surface area (Å²) in [4.78, 5) is 0. The van der Waals surface area contributed by atoms with Gasteiger partial charge >= 0.3 is 0 Å². The molecule has 22 heavy (non-hydrogen) atoms. The van der Waals surface area contributed by atoms with Gasteiger partial charge in [-0.2, -0.15) is 0 Å². The van der Waals surface area contributed by atoms with E-state index in [0.717, 1.165) is 22.8 Å².